The Morgan fingerprint density at radius 3 is 2.71 bits per heavy atom. The summed E-state index contributed by atoms with van der Waals surface area (Å²) in [7, 11) is 0. The van der Waals surface area contributed by atoms with Crippen LogP contribution in [0.15, 0.2) is 0 Å². The Morgan fingerprint density at radius 2 is 2.21 bits per heavy atom. The van der Waals surface area contributed by atoms with Crippen molar-refractivity contribution in [2.24, 2.45) is 11.7 Å². The first kappa shape index (κ1) is 11.1. The molecule has 1 aliphatic rings. The van der Waals surface area contributed by atoms with Crippen molar-refractivity contribution in [1.29, 1.82) is 0 Å². The van der Waals surface area contributed by atoms with Crippen molar-refractivity contribution in [3.8, 4) is 11.8 Å². The smallest absolute Gasteiger partial charge is 0.296 e. The Labute approximate surface area is 85.4 Å². The van der Waals surface area contributed by atoms with Crippen molar-refractivity contribution in [2.75, 3.05) is 6.54 Å². The lowest BCUT2D eigenvalue weighted by Crippen LogP contribution is -2.44. The molecule has 0 spiro atoms. The fourth-order valence-corrected chi connectivity index (χ4v) is 2.05. The summed E-state index contributed by atoms with van der Waals surface area (Å²) in [6, 6.07) is 0.117. The van der Waals surface area contributed by atoms with Crippen LogP contribution in [0.1, 0.15) is 32.6 Å². The van der Waals surface area contributed by atoms with Gasteiger partial charge in [0, 0.05) is 12.6 Å². The van der Waals surface area contributed by atoms with Crippen molar-refractivity contribution in [2.45, 2.75) is 38.6 Å². The summed E-state index contributed by atoms with van der Waals surface area (Å²) in [6.07, 6.45) is 4.89. The van der Waals surface area contributed by atoms with E-state index in [1.807, 2.05) is 0 Å². The molecule has 0 aromatic heterocycles. The van der Waals surface area contributed by atoms with Crippen LogP contribution in [-0.4, -0.2) is 18.5 Å². The average molecular weight is 194 g/mol. The maximum Gasteiger partial charge on any atom is 0.296 e. The van der Waals surface area contributed by atoms with E-state index in [2.05, 4.69) is 17.2 Å². The molecule has 0 bridgehead atoms. The quantitative estimate of drug-likeness (QED) is 0.648. The van der Waals surface area contributed by atoms with Gasteiger partial charge >= 0.3 is 0 Å². The van der Waals surface area contributed by atoms with Gasteiger partial charge in [-0.15, -0.1) is 0 Å². The summed E-state index contributed by atoms with van der Waals surface area (Å²) in [5, 5.41) is 2.87. The summed E-state index contributed by atoms with van der Waals surface area (Å²) in [5.74, 6) is 5.42. The zero-order valence-corrected chi connectivity index (χ0v) is 8.68. The zero-order valence-electron chi connectivity index (χ0n) is 8.68. The first-order valence-corrected chi connectivity index (χ1v) is 5.21. The van der Waals surface area contributed by atoms with Crippen molar-refractivity contribution in [3.05, 3.63) is 0 Å². The molecule has 1 amide bonds. The molecule has 0 saturated heterocycles. The summed E-state index contributed by atoms with van der Waals surface area (Å²) in [4.78, 5) is 11.2. The lowest BCUT2D eigenvalue weighted by atomic mass is 9.98. The molecule has 0 aliphatic heterocycles. The minimum absolute atomic E-state index is 0.117. The van der Waals surface area contributed by atoms with Crippen LogP contribution >= 0.6 is 0 Å². The van der Waals surface area contributed by atoms with Crippen molar-refractivity contribution < 1.29 is 4.79 Å². The van der Waals surface area contributed by atoms with Gasteiger partial charge < -0.3 is 11.1 Å². The maximum absolute atomic E-state index is 11.2. The Bertz CT molecular complexity index is 246. The van der Waals surface area contributed by atoms with Gasteiger partial charge in [-0.2, -0.15) is 0 Å². The van der Waals surface area contributed by atoms with Gasteiger partial charge in [0.1, 0.15) is 0 Å². The number of amides is 1. The molecule has 0 radical (unpaired) electrons. The molecular weight excluding hydrogens is 176 g/mol. The van der Waals surface area contributed by atoms with Gasteiger partial charge in [-0.05, 0) is 31.6 Å². The molecule has 78 valence electrons. The number of nitrogens with two attached hydrogens (primary N) is 1. The zero-order chi connectivity index (χ0) is 10.4. The molecule has 3 nitrogen and oxygen atoms in total. The van der Waals surface area contributed by atoms with Gasteiger partial charge in [0.2, 0.25) is 0 Å². The van der Waals surface area contributed by atoms with Crippen LogP contribution in [0.3, 0.4) is 0 Å². The van der Waals surface area contributed by atoms with E-state index in [4.69, 9.17) is 5.73 Å². The molecule has 14 heavy (non-hydrogen) atoms. The fourth-order valence-electron chi connectivity index (χ4n) is 2.05. The van der Waals surface area contributed by atoms with Crippen molar-refractivity contribution in [3.63, 3.8) is 0 Å². The Hall–Kier alpha value is -1.01. The molecular formula is C11H18N2O. The normalized spacial score (nSPS) is 18.4. The van der Waals surface area contributed by atoms with Gasteiger partial charge in [-0.25, -0.2) is 0 Å². The largest absolute Gasteiger partial charge is 0.341 e. The van der Waals surface area contributed by atoms with E-state index in [0.29, 0.717) is 12.5 Å². The molecule has 1 fully saturated rings. The lowest BCUT2D eigenvalue weighted by Gasteiger charge is -2.21. The Morgan fingerprint density at radius 1 is 1.57 bits per heavy atom. The van der Waals surface area contributed by atoms with Crippen LogP contribution in [0, 0.1) is 17.8 Å². The van der Waals surface area contributed by atoms with Gasteiger partial charge in [0.15, 0.2) is 0 Å². The van der Waals surface area contributed by atoms with E-state index in [1.54, 1.807) is 6.92 Å². The van der Waals surface area contributed by atoms with Crippen LogP contribution in [-0.2, 0) is 4.79 Å². The molecule has 3 N–H and O–H groups in total. The van der Waals surface area contributed by atoms with E-state index in [9.17, 15) is 4.79 Å². The molecule has 3 heteroatoms. The van der Waals surface area contributed by atoms with Crippen LogP contribution in [0.25, 0.3) is 0 Å². The van der Waals surface area contributed by atoms with Crippen LogP contribution in [0.2, 0.25) is 0 Å². The molecule has 0 aromatic carbocycles. The topological polar surface area (TPSA) is 55.1 Å². The predicted octanol–water partition coefficient (Wildman–Crippen LogP) is 0.643. The SMILES string of the molecule is CC#CC(=O)NC(CN)C1CCCC1. The Balaban J connectivity index is 2.43. The highest BCUT2D eigenvalue weighted by molar-refractivity contribution is 5.93. The summed E-state index contributed by atoms with van der Waals surface area (Å²) in [5.41, 5.74) is 5.63. The van der Waals surface area contributed by atoms with E-state index in [1.165, 1.54) is 25.7 Å². The number of hydrogen-bond acceptors (Lipinski definition) is 2. The lowest BCUT2D eigenvalue weighted by molar-refractivity contribution is -0.116. The Kier molecular flexibility index (Phi) is 4.48. The van der Waals surface area contributed by atoms with E-state index in [-0.39, 0.29) is 11.9 Å². The summed E-state index contributed by atoms with van der Waals surface area (Å²) >= 11 is 0. The second-order valence-corrected chi connectivity index (χ2v) is 3.74. The highest BCUT2D eigenvalue weighted by Crippen LogP contribution is 2.27. The van der Waals surface area contributed by atoms with E-state index in [0.717, 1.165) is 0 Å². The van der Waals surface area contributed by atoms with Crippen LogP contribution in [0.5, 0.6) is 0 Å². The number of carbonyl (C=O) groups excluding carboxylic acids is 1. The van der Waals surface area contributed by atoms with Gasteiger partial charge in [0.05, 0.1) is 0 Å². The first-order valence-electron chi connectivity index (χ1n) is 5.21. The van der Waals surface area contributed by atoms with Crippen molar-refractivity contribution in [1.82, 2.24) is 5.32 Å². The molecule has 1 unspecified atom stereocenters. The van der Waals surface area contributed by atoms with Gasteiger partial charge in [-0.3, -0.25) is 4.79 Å². The standard InChI is InChI=1S/C11H18N2O/c1-2-5-11(14)13-10(8-12)9-6-3-4-7-9/h9-10H,3-4,6-8,12H2,1H3,(H,13,14). The number of rotatable bonds is 3. The van der Waals surface area contributed by atoms with Gasteiger partial charge in [0.25, 0.3) is 5.91 Å². The van der Waals surface area contributed by atoms with E-state index < -0.39 is 0 Å². The molecule has 1 aliphatic carbocycles. The molecule has 1 rings (SSSR count). The monoisotopic (exact) mass is 194 g/mol. The van der Waals surface area contributed by atoms with Crippen LogP contribution < -0.4 is 11.1 Å². The third-order valence-corrected chi connectivity index (χ3v) is 2.78. The highest BCUT2D eigenvalue weighted by Gasteiger charge is 2.24. The minimum Gasteiger partial charge on any atom is -0.341 e. The first-order chi connectivity index (χ1) is 6.77. The predicted molar refractivity (Wildman–Crippen MR) is 56.4 cm³/mol. The van der Waals surface area contributed by atoms with Crippen molar-refractivity contribution >= 4 is 5.91 Å². The second-order valence-electron chi connectivity index (χ2n) is 3.74. The number of nitrogens with one attached hydrogen (secondary N) is 1. The van der Waals surface area contributed by atoms with E-state index >= 15 is 0 Å². The second kappa shape index (κ2) is 5.66. The minimum atomic E-state index is -0.199. The van der Waals surface area contributed by atoms with Gasteiger partial charge in [-0.1, -0.05) is 18.8 Å². The number of carbonyl (C=O) groups is 1. The summed E-state index contributed by atoms with van der Waals surface area (Å²) in [6.45, 7) is 2.18. The summed E-state index contributed by atoms with van der Waals surface area (Å²) < 4.78 is 0. The third-order valence-electron chi connectivity index (χ3n) is 2.78. The van der Waals surface area contributed by atoms with Crippen LogP contribution in [0.4, 0.5) is 0 Å². The highest BCUT2D eigenvalue weighted by atomic mass is 16.1. The molecule has 1 atom stereocenters. The molecule has 1 saturated carbocycles. The molecule has 0 heterocycles. The third kappa shape index (κ3) is 3.04. The fraction of sp³-hybridized carbons (Fsp3) is 0.727. The average Bonchev–Trinajstić information content (AvgIpc) is 2.67. The number of hydrogen-bond donors (Lipinski definition) is 2. The molecule has 0 aromatic rings. The maximum atomic E-state index is 11.2.